The van der Waals surface area contributed by atoms with Crippen LogP contribution in [0.15, 0.2) is 11.8 Å². The normalized spacial score (nSPS) is 28.2. The predicted octanol–water partition coefficient (Wildman–Crippen LogP) is -0.436. The number of nitrogens with zero attached hydrogens (tertiary/aromatic N) is 1. The maximum atomic E-state index is 11.4. The van der Waals surface area contributed by atoms with Crippen LogP contribution in [0, 0.1) is 5.92 Å². The van der Waals surface area contributed by atoms with E-state index in [4.69, 9.17) is 5.73 Å². The highest BCUT2D eigenvalue weighted by molar-refractivity contribution is 5.89. The third-order valence-electron chi connectivity index (χ3n) is 3.34. The molecule has 4 N–H and O–H groups in total. The standard InChI is InChI=1S/C11H20N4O/c1-8-6-10(16)14-11(13-8)15-4-2-9(7-12)3-5-15/h6,9,11,13H,2-5,7,12H2,1H3,(H,14,16). The molecule has 16 heavy (non-hydrogen) atoms. The van der Waals surface area contributed by atoms with E-state index in [-0.39, 0.29) is 12.2 Å². The number of amides is 1. The summed E-state index contributed by atoms with van der Waals surface area (Å²) in [6.07, 6.45) is 3.78. The first kappa shape index (κ1) is 11.4. The van der Waals surface area contributed by atoms with Gasteiger partial charge in [0.05, 0.1) is 0 Å². The van der Waals surface area contributed by atoms with Crippen molar-refractivity contribution in [3.05, 3.63) is 11.8 Å². The summed E-state index contributed by atoms with van der Waals surface area (Å²) in [7, 11) is 0. The monoisotopic (exact) mass is 224 g/mol. The molecule has 90 valence electrons. The Labute approximate surface area is 96.0 Å². The van der Waals surface area contributed by atoms with Gasteiger partial charge in [0.25, 0.3) is 0 Å². The van der Waals surface area contributed by atoms with Gasteiger partial charge in [-0.05, 0) is 32.2 Å². The average molecular weight is 224 g/mol. The summed E-state index contributed by atoms with van der Waals surface area (Å²) in [6, 6.07) is 0. The largest absolute Gasteiger partial charge is 0.356 e. The molecule has 2 rings (SSSR count). The van der Waals surface area contributed by atoms with E-state index >= 15 is 0 Å². The van der Waals surface area contributed by atoms with Crippen molar-refractivity contribution < 1.29 is 4.79 Å². The minimum Gasteiger partial charge on any atom is -0.356 e. The molecular weight excluding hydrogens is 204 g/mol. The quantitative estimate of drug-likeness (QED) is 0.595. The predicted molar refractivity (Wildman–Crippen MR) is 62.2 cm³/mol. The summed E-state index contributed by atoms with van der Waals surface area (Å²) >= 11 is 0. The number of allylic oxidation sites excluding steroid dienone is 1. The topological polar surface area (TPSA) is 70.4 Å². The van der Waals surface area contributed by atoms with Crippen molar-refractivity contribution in [3.63, 3.8) is 0 Å². The van der Waals surface area contributed by atoms with Crippen molar-refractivity contribution in [2.24, 2.45) is 11.7 Å². The molecule has 1 amide bonds. The zero-order valence-corrected chi connectivity index (χ0v) is 9.70. The Balaban J connectivity index is 1.90. The molecule has 1 atom stereocenters. The Hall–Kier alpha value is -1.07. The minimum absolute atomic E-state index is 0.0119. The highest BCUT2D eigenvalue weighted by Crippen LogP contribution is 2.17. The second-order valence-corrected chi connectivity index (χ2v) is 4.60. The second kappa shape index (κ2) is 4.84. The average Bonchev–Trinajstić information content (AvgIpc) is 2.28. The summed E-state index contributed by atoms with van der Waals surface area (Å²) in [6.45, 7) is 4.68. The third kappa shape index (κ3) is 2.54. The van der Waals surface area contributed by atoms with E-state index in [9.17, 15) is 4.79 Å². The van der Waals surface area contributed by atoms with Gasteiger partial charge in [-0.15, -0.1) is 0 Å². The third-order valence-corrected chi connectivity index (χ3v) is 3.34. The molecule has 0 aromatic heterocycles. The number of carbonyl (C=O) groups excluding carboxylic acids is 1. The van der Waals surface area contributed by atoms with Gasteiger partial charge in [-0.1, -0.05) is 0 Å². The fraction of sp³-hybridized carbons (Fsp3) is 0.727. The maximum Gasteiger partial charge on any atom is 0.248 e. The molecule has 0 saturated carbocycles. The molecule has 0 radical (unpaired) electrons. The van der Waals surface area contributed by atoms with Crippen LogP contribution in [0.1, 0.15) is 19.8 Å². The van der Waals surface area contributed by atoms with Gasteiger partial charge in [-0.3, -0.25) is 9.69 Å². The van der Waals surface area contributed by atoms with Crippen LogP contribution in [0.4, 0.5) is 0 Å². The van der Waals surface area contributed by atoms with Gasteiger partial charge in [-0.2, -0.15) is 0 Å². The SMILES string of the molecule is CC1=CC(=O)NC(N2CCC(CN)CC2)N1. The number of piperidine rings is 1. The first-order chi connectivity index (χ1) is 7.69. The van der Waals surface area contributed by atoms with E-state index in [1.807, 2.05) is 6.92 Å². The highest BCUT2D eigenvalue weighted by Gasteiger charge is 2.26. The zero-order chi connectivity index (χ0) is 11.5. The van der Waals surface area contributed by atoms with Crippen LogP contribution in [0.2, 0.25) is 0 Å². The molecule has 0 bridgehead atoms. The molecule has 0 aliphatic carbocycles. The molecule has 1 saturated heterocycles. The van der Waals surface area contributed by atoms with Gasteiger partial charge in [0.2, 0.25) is 5.91 Å². The molecule has 1 fully saturated rings. The van der Waals surface area contributed by atoms with Crippen molar-refractivity contribution in [2.45, 2.75) is 26.1 Å². The van der Waals surface area contributed by atoms with E-state index in [1.54, 1.807) is 6.08 Å². The first-order valence-corrected chi connectivity index (χ1v) is 5.88. The molecule has 5 heteroatoms. The second-order valence-electron chi connectivity index (χ2n) is 4.60. The Morgan fingerprint density at radius 3 is 2.69 bits per heavy atom. The van der Waals surface area contributed by atoms with E-state index in [2.05, 4.69) is 15.5 Å². The number of hydrogen-bond donors (Lipinski definition) is 3. The number of hydrogen-bond acceptors (Lipinski definition) is 4. The number of likely N-dealkylation sites (tertiary alicyclic amines) is 1. The number of rotatable bonds is 2. The lowest BCUT2D eigenvalue weighted by molar-refractivity contribution is -0.119. The Morgan fingerprint density at radius 2 is 2.12 bits per heavy atom. The Morgan fingerprint density at radius 1 is 1.44 bits per heavy atom. The van der Waals surface area contributed by atoms with Crippen LogP contribution in [0.25, 0.3) is 0 Å². The van der Waals surface area contributed by atoms with Crippen LogP contribution in [0.3, 0.4) is 0 Å². The summed E-state index contributed by atoms with van der Waals surface area (Å²) in [5.74, 6) is 0.634. The summed E-state index contributed by atoms with van der Waals surface area (Å²) in [5, 5.41) is 6.19. The fourth-order valence-corrected chi connectivity index (χ4v) is 2.30. The van der Waals surface area contributed by atoms with E-state index in [1.165, 1.54) is 0 Å². The summed E-state index contributed by atoms with van der Waals surface area (Å²) in [5.41, 5.74) is 6.58. The Bertz CT molecular complexity index is 294. The first-order valence-electron chi connectivity index (χ1n) is 5.88. The van der Waals surface area contributed by atoms with Crippen LogP contribution < -0.4 is 16.4 Å². The molecular formula is C11H20N4O. The molecule has 2 heterocycles. The number of carbonyl (C=O) groups is 1. The molecule has 2 aliphatic heterocycles. The van der Waals surface area contributed by atoms with Gasteiger partial charge in [0, 0.05) is 24.9 Å². The highest BCUT2D eigenvalue weighted by atomic mass is 16.2. The molecule has 1 unspecified atom stereocenters. The van der Waals surface area contributed by atoms with Crippen LogP contribution in [-0.2, 0) is 4.79 Å². The fourth-order valence-electron chi connectivity index (χ4n) is 2.30. The smallest absolute Gasteiger partial charge is 0.248 e. The van der Waals surface area contributed by atoms with Crippen molar-refractivity contribution in [1.29, 1.82) is 0 Å². The van der Waals surface area contributed by atoms with Crippen LogP contribution >= 0.6 is 0 Å². The van der Waals surface area contributed by atoms with Crippen LogP contribution in [-0.4, -0.2) is 36.7 Å². The molecule has 0 spiro atoms. The zero-order valence-electron chi connectivity index (χ0n) is 9.70. The molecule has 2 aliphatic rings. The van der Waals surface area contributed by atoms with Gasteiger partial charge in [-0.25, -0.2) is 0 Å². The molecule has 0 aromatic carbocycles. The maximum absolute atomic E-state index is 11.4. The molecule has 0 aromatic rings. The number of nitrogens with one attached hydrogen (secondary N) is 2. The van der Waals surface area contributed by atoms with E-state index in [0.29, 0.717) is 5.92 Å². The van der Waals surface area contributed by atoms with Crippen molar-refractivity contribution in [1.82, 2.24) is 15.5 Å². The van der Waals surface area contributed by atoms with Crippen LogP contribution in [0.5, 0.6) is 0 Å². The Kier molecular flexibility index (Phi) is 3.46. The van der Waals surface area contributed by atoms with Crippen molar-refractivity contribution >= 4 is 5.91 Å². The lowest BCUT2D eigenvalue weighted by Gasteiger charge is -2.39. The van der Waals surface area contributed by atoms with Crippen molar-refractivity contribution in [2.75, 3.05) is 19.6 Å². The molecule has 5 nitrogen and oxygen atoms in total. The summed E-state index contributed by atoms with van der Waals surface area (Å²) < 4.78 is 0. The van der Waals surface area contributed by atoms with Gasteiger partial charge < -0.3 is 16.4 Å². The van der Waals surface area contributed by atoms with E-state index < -0.39 is 0 Å². The van der Waals surface area contributed by atoms with Crippen molar-refractivity contribution in [3.8, 4) is 0 Å². The van der Waals surface area contributed by atoms with Gasteiger partial charge >= 0.3 is 0 Å². The lowest BCUT2D eigenvalue weighted by atomic mass is 9.97. The number of nitrogens with two attached hydrogens (primary N) is 1. The van der Waals surface area contributed by atoms with E-state index in [0.717, 1.165) is 38.2 Å². The minimum atomic E-state index is -0.0452. The van der Waals surface area contributed by atoms with Gasteiger partial charge in [0.15, 0.2) is 6.29 Å². The lowest BCUT2D eigenvalue weighted by Crippen LogP contribution is -2.60. The summed E-state index contributed by atoms with van der Waals surface area (Å²) in [4.78, 5) is 13.6. The van der Waals surface area contributed by atoms with Gasteiger partial charge in [0.1, 0.15) is 0 Å².